The van der Waals surface area contributed by atoms with Crippen LogP contribution in [0.4, 0.5) is 11.4 Å². The van der Waals surface area contributed by atoms with Gasteiger partial charge >= 0.3 is 5.69 Å². The monoisotopic (exact) mass is 805 g/mol. The van der Waals surface area contributed by atoms with E-state index in [0.717, 1.165) is 29.9 Å². The van der Waals surface area contributed by atoms with Gasteiger partial charge in [0.2, 0.25) is 5.75 Å². The maximum absolute atomic E-state index is 14.3. The predicted molar refractivity (Wildman–Crippen MR) is 200 cm³/mol. The third-order valence-electron chi connectivity index (χ3n) is 9.72. The number of ketones is 2. The van der Waals surface area contributed by atoms with Crippen LogP contribution in [0.5, 0.6) is 17.2 Å². The Labute approximate surface area is 310 Å². The number of nitro benzene ring substituents is 2. The molecule has 3 aromatic carbocycles. The molecule has 12 heteroatoms. The molecule has 6 rings (SSSR count). The quantitative estimate of drug-likeness (QED) is 0.111. The molecule has 2 aliphatic carbocycles. The summed E-state index contributed by atoms with van der Waals surface area (Å²) in [5, 5.41) is 23.2. The SMILES string of the molecule is CCOc1cc(C2C3=C(CC(C)(C)CC3=O)N(CCc3ccccc3)C3=C2C(=O)CC(C)(C)C3)cc(I)c1Oc1ccc([N+](=O)[O-])cc1[N+](=O)[O-]. The van der Waals surface area contributed by atoms with E-state index in [1.165, 1.54) is 11.6 Å². The molecule has 0 atom stereocenters. The van der Waals surface area contributed by atoms with Crippen LogP contribution in [-0.2, 0) is 16.0 Å². The van der Waals surface area contributed by atoms with E-state index in [2.05, 4.69) is 67.3 Å². The van der Waals surface area contributed by atoms with Gasteiger partial charge in [-0.05, 0) is 88.9 Å². The molecule has 266 valence electrons. The van der Waals surface area contributed by atoms with Gasteiger partial charge in [-0.25, -0.2) is 0 Å². The maximum Gasteiger partial charge on any atom is 0.318 e. The van der Waals surface area contributed by atoms with E-state index in [0.29, 0.717) is 52.5 Å². The molecule has 0 spiro atoms. The fourth-order valence-corrected chi connectivity index (χ4v) is 8.35. The fraction of sp³-hybridized carbons (Fsp3) is 0.385. The van der Waals surface area contributed by atoms with Gasteiger partial charge in [-0.15, -0.1) is 0 Å². The Balaban J connectivity index is 1.52. The van der Waals surface area contributed by atoms with Crippen LogP contribution >= 0.6 is 22.6 Å². The van der Waals surface area contributed by atoms with E-state index in [-0.39, 0.29) is 46.3 Å². The third-order valence-corrected chi connectivity index (χ3v) is 10.5. The highest BCUT2D eigenvalue weighted by atomic mass is 127. The molecule has 51 heavy (non-hydrogen) atoms. The van der Waals surface area contributed by atoms with Crippen molar-refractivity contribution < 1.29 is 28.9 Å². The number of hydrogen-bond acceptors (Lipinski definition) is 9. The molecule has 0 unspecified atom stereocenters. The Hall–Kier alpha value is -4.59. The molecular formula is C39H40IN3O8. The standard InChI is InChI=1S/C39H40IN3O8/c1-6-50-33-17-24(16-26(40)37(33)51-32-13-12-25(42(46)47)18-27(32)43(48)49)34-35-28(19-38(2,3)21-30(35)44)41(15-14-23-10-8-7-9-11-23)29-20-39(4,5)22-31(45)36(29)34/h7-13,16-18,34H,6,14-15,19-22H2,1-5H3. The Morgan fingerprint density at radius 2 is 1.43 bits per heavy atom. The molecule has 0 N–H and O–H groups in total. The lowest BCUT2D eigenvalue weighted by atomic mass is 9.63. The van der Waals surface area contributed by atoms with E-state index >= 15 is 0 Å². The first-order chi connectivity index (χ1) is 24.1. The number of halogens is 1. The lowest BCUT2D eigenvalue weighted by molar-refractivity contribution is -0.394. The average molecular weight is 806 g/mol. The molecule has 0 saturated heterocycles. The molecule has 1 aliphatic heterocycles. The summed E-state index contributed by atoms with van der Waals surface area (Å²) < 4.78 is 12.7. The molecule has 3 aromatic rings. The number of nitrogens with zero attached hydrogens (tertiary/aromatic N) is 3. The summed E-state index contributed by atoms with van der Waals surface area (Å²) in [6.45, 7) is 11.1. The van der Waals surface area contributed by atoms with Crippen LogP contribution in [0.2, 0.25) is 0 Å². The average Bonchev–Trinajstić information content (AvgIpc) is 3.04. The first-order valence-corrected chi connectivity index (χ1v) is 18.1. The molecule has 3 aliphatic rings. The van der Waals surface area contributed by atoms with Crippen molar-refractivity contribution in [2.45, 2.75) is 72.6 Å². The molecule has 0 fully saturated rings. The number of hydrogen-bond donors (Lipinski definition) is 0. The summed E-state index contributed by atoms with van der Waals surface area (Å²) in [6.07, 6.45) is 2.78. The lowest BCUT2D eigenvalue weighted by Crippen LogP contribution is -2.45. The summed E-state index contributed by atoms with van der Waals surface area (Å²) in [5.41, 5.74) is 3.48. The van der Waals surface area contributed by atoms with Crippen LogP contribution in [-0.4, -0.2) is 39.5 Å². The van der Waals surface area contributed by atoms with Crippen molar-refractivity contribution in [3.8, 4) is 17.2 Å². The number of carbonyl (C=O) groups is 2. The number of non-ortho nitro benzene ring substituents is 1. The lowest BCUT2D eigenvalue weighted by Gasteiger charge is -2.49. The molecule has 0 radical (unpaired) electrons. The zero-order valence-electron chi connectivity index (χ0n) is 29.3. The normalized spacial score (nSPS) is 18.4. The van der Waals surface area contributed by atoms with Crippen molar-refractivity contribution in [1.82, 2.24) is 4.90 Å². The number of carbonyl (C=O) groups excluding carboxylic acids is 2. The summed E-state index contributed by atoms with van der Waals surface area (Å²) in [5.74, 6) is -0.340. The molecule has 0 aromatic heterocycles. The smallest absolute Gasteiger partial charge is 0.318 e. The van der Waals surface area contributed by atoms with Crippen molar-refractivity contribution in [3.05, 3.63) is 118 Å². The molecule has 0 amide bonds. The molecule has 11 nitrogen and oxygen atoms in total. The van der Waals surface area contributed by atoms with E-state index in [1.807, 2.05) is 24.3 Å². The zero-order chi connectivity index (χ0) is 36.8. The minimum Gasteiger partial charge on any atom is -0.490 e. The van der Waals surface area contributed by atoms with Crippen molar-refractivity contribution in [1.29, 1.82) is 0 Å². The second-order valence-electron chi connectivity index (χ2n) is 15.0. The molecular weight excluding hydrogens is 765 g/mol. The third kappa shape index (κ3) is 7.28. The summed E-state index contributed by atoms with van der Waals surface area (Å²) in [7, 11) is 0. The number of Topliss-reactive ketones (excluding diaryl/α,β-unsaturated/α-hetero) is 2. The van der Waals surface area contributed by atoms with Gasteiger partial charge in [-0.2, -0.15) is 0 Å². The van der Waals surface area contributed by atoms with E-state index in [9.17, 15) is 29.8 Å². The van der Waals surface area contributed by atoms with Crippen LogP contribution < -0.4 is 9.47 Å². The van der Waals surface area contributed by atoms with Crippen molar-refractivity contribution in [2.75, 3.05) is 13.2 Å². The van der Waals surface area contributed by atoms with Crippen LogP contribution in [0, 0.1) is 34.6 Å². The van der Waals surface area contributed by atoms with Gasteiger partial charge in [-0.1, -0.05) is 58.0 Å². The van der Waals surface area contributed by atoms with E-state index < -0.39 is 27.1 Å². The van der Waals surface area contributed by atoms with Crippen molar-refractivity contribution in [2.24, 2.45) is 10.8 Å². The Bertz CT molecular complexity index is 1960. The topological polar surface area (TPSA) is 142 Å². The number of nitro groups is 2. The second kappa shape index (κ2) is 13.9. The van der Waals surface area contributed by atoms with Crippen molar-refractivity contribution in [3.63, 3.8) is 0 Å². The molecule has 0 saturated carbocycles. The predicted octanol–water partition coefficient (Wildman–Crippen LogP) is 9.23. The highest BCUT2D eigenvalue weighted by Gasteiger charge is 2.49. The largest absolute Gasteiger partial charge is 0.490 e. The van der Waals surface area contributed by atoms with Crippen molar-refractivity contribution >= 4 is 45.5 Å². The van der Waals surface area contributed by atoms with E-state index in [4.69, 9.17) is 9.47 Å². The second-order valence-corrected chi connectivity index (χ2v) is 16.1. The highest BCUT2D eigenvalue weighted by molar-refractivity contribution is 14.1. The van der Waals surface area contributed by atoms with Gasteiger partial charge < -0.3 is 14.4 Å². The number of rotatable bonds is 10. The van der Waals surface area contributed by atoms with Crippen LogP contribution in [0.1, 0.15) is 77.3 Å². The van der Waals surface area contributed by atoms with Gasteiger partial charge in [0, 0.05) is 53.9 Å². The van der Waals surface area contributed by atoms with Crippen LogP contribution in [0.3, 0.4) is 0 Å². The first kappa shape index (κ1) is 36.2. The first-order valence-electron chi connectivity index (χ1n) is 17.0. The minimum atomic E-state index is -0.732. The Morgan fingerprint density at radius 3 is 1.98 bits per heavy atom. The van der Waals surface area contributed by atoms with Gasteiger partial charge in [-0.3, -0.25) is 29.8 Å². The summed E-state index contributed by atoms with van der Waals surface area (Å²) in [4.78, 5) is 52.8. The van der Waals surface area contributed by atoms with Gasteiger partial charge in [0.25, 0.3) is 5.69 Å². The maximum atomic E-state index is 14.3. The van der Waals surface area contributed by atoms with Crippen LogP contribution in [0.25, 0.3) is 0 Å². The summed E-state index contributed by atoms with van der Waals surface area (Å²) >= 11 is 2.07. The van der Waals surface area contributed by atoms with Crippen LogP contribution in [0.15, 0.2) is 83.2 Å². The van der Waals surface area contributed by atoms with Gasteiger partial charge in [0.05, 0.1) is 26.1 Å². The Morgan fingerprint density at radius 1 is 0.824 bits per heavy atom. The van der Waals surface area contributed by atoms with Gasteiger partial charge in [0.15, 0.2) is 23.1 Å². The molecule has 1 heterocycles. The minimum absolute atomic E-state index is 0.00921. The molecule has 0 bridgehead atoms. The number of ether oxygens (including phenoxy) is 2. The number of allylic oxidation sites excluding steroid dienone is 4. The van der Waals surface area contributed by atoms with Gasteiger partial charge in [0.1, 0.15) is 0 Å². The fourth-order valence-electron chi connectivity index (χ4n) is 7.61. The van der Waals surface area contributed by atoms with E-state index in [1.54, 1.807) is 13.0 Å². The number of benzene rings is 3. The highest BCUT2D eigenvalue weighted by Crippen LogP contribution is 2.55. The Kier molecular flexibility index (Phi) is 9.83. The zero-order valence-corrected chi connectivity index (χ0v) is 31.4. The summed E-state index contributed by atoms with van der Waals surface area (Å²) in [6, 6.07) is 17.0.